The van der Waals surface area contributed by atoms with Crippen molar-refractivity contribution in [2.45, 2.75) is 68.5 Å². The molecular formula is C27H32O5Si. The van der Waals surface area contributed by atoms with Gasteiger partial charge in [0.05, 0.1) is 20.7 Å². The monoisotopic (exact) mass is 464 g/mol. The molecule has 5 rings (SSSR count). The zero-order chi connectivity index (χ0) is 23.3. The van der Waals surface area contributed by atoms with Crippen LogP contribution in [0, 0.1) is 5.41 Å². The maximum atomic E-state index is 13.6. The summed E-state index contributed by atoms with van der Waals surface area (Å²) < 4.78 is 18.0. The number of rotatable bonds is 5. The molecule has 2 aromatic rings. The third-order valence-electron chi connectivity index (χ3n) is 8.47. The molecule has 0 aromatic heterocycles. The highest BCUT2D eigenvalue weighted by Gasteiger charge is 2.81. The predicted octanol–water partition coefficient (Wildman–Crippen LogP) is 4.47. The summed E-state index contributed by atoms with van der Waals surface area (Å²) in [5.74, 6) is -0.482. The van der Waals surface area contributed by atoms with Gasteiger partial charge >= 0.3 is 11.9 Å². The zero-order valence-corrected chi connectivity index (χ0v) is 20.6. The van der Waals surface area contributed by atoms with Crippen LogP contribution in [0.1, 0.15) is 42.5 Å². The van der Waals surface area contributed by atoms with Gasteiger partial charge in [-0.1, -0.05) is 79.7 Å². The standard InChI is InChI=1S/C27H32O5Si/c1-30-25(29)26-16-10-11-17-27(26)23(32-27)21(31-24(28)19-12-6-4-7-13-19)18-22(26)33(2,3)20-14-8-5-9-15-20/h4-9,12-15,21-23H,10-11,16-18H2,1-3H3/t21-,22-,23+,26+,27+/m0/s1. The molecular weight excluding hydrogens is 432 g/mol. The van der Waals surface area contributed by atoms with Crippen LogP contribution in [0.4, 0.5) is 0 Å². The number of carbonyl (C=O) groups is 2. The predicted molar refractivity (Wildman–Crippen MR) is 128 cm³/mol. The molecule has 1 spiro atoms. The summed E-state index contributed by atoms with van der Waals surface area (Å²) in [6.07, 6.45) is 3.57. The minimum absolute atomic E-state index is 0.0347. The van der Waals surface area contributed by atoms with Crippen LogP contribution in [0.3, 0.4) is 0 Å². The molecule has 33 heavy (non-hydrogen) atoms. The third-order valence-corrected chi connectivity index (χ3v) is 12.8. The zero-order valence-electron chi connectivity index (χ0n) is 19.6. The molecule has 0 bridgehead atoms. The van der Waals surface area contributed by atoms with Gasteiger partial charge in [-0.2, -0.15) is 0 Å². The van der Waals surface area contributed by atoms with Gasteiger partial charge in [-0.3, -0.25) is 4.79 Å². The van der Waals surface area contributed by atoms with Gasteiger partial charge in [0.15, 0.2) is 0 Å². The minimum Gasteiger partial charge on any atom is -0.469 e. The second kappa shape index (κ2) is 8.10. The second-order valence-electron chi connectivity index (χ2n) is 10.3. The van der Waals surface area contributed by atoms with E-state index < -0.39 is 19.1 Å². The summed E-state index contributed by atoms with van der Waals surface area (Å²) in [7, 11) is -0.710. The molecule has 2 aromatic carbocycles. The lowest BCUT2D eigenvalue weighted by molar-refractivity contribution is -0.163. The Balaban J connectivity index is 1.56. The van der Waals surface area contributed by atoms with E-state index in [1.165, 1.54) is 12.3 Å². The van der Waals surface area contributed by atoms with Gasteiger partial charge < -0.3 is 14.2 Å². The van der Waals surface area contributed by atoms with Crippen molar-refractivity contribution in [1.29, 1.82) is 0 Å². The van der Waals surface area contributed by atoms with Gasteiger partial charge in [-0.05, 0) is 36.9 Å². The topological polar surface area (TPSA) is 65.1 Å². The third kappa shape index (κ3) is 3.29. The smallest absolute Gasteiger partial charge is 0.338 e. The van der Waals surface area contributed by atoms with Crippen molar-refractivity contribution in [1.82, 2.24) is 0 Å². The fourth-order valence-electron chi connectivity index (χ4n) is 6.85. The van der Waals surface area contributed by atoms with Crippen LogP contribution in [-0.4, -0.2) is 44.9 Å². The quantitative estimate of drug-likeness (QED) is 0.371. The molecule has 0 unspecified atom stereocenters. The first-order chi connectivity index (χ1) is 15.9. The summed E-state index contributed by atoms with van der Waals surface area (Å²) in [6.45, 7) is 4.66. The first kappa shape index (κ1) is 22.4. The lowest BCUT2D eigenvalue weighted by Crippen LogP contribution is -2.65. The molecule has 1 aliphatic heterocycles. The number of hydrogen-bond acceptors (Lipinski definition) is 5. The Bertz CT molecular complexity index is 1040. The van der Waals surface area contributed by atoms with Crippen LogP contribution >= 0.6 is 0 Å². The molecule has 6 heteroatoms. The van der Waals surface area contributed by atoms with E-state index >= 15 is 0 Å². The first-order valence-electron chi connectivity index (χ1n) is 11.9. The van der Waals surface area contributed by atoms with Gasteiger partial charge in [-0.25, -0.2) is 4.79 Å². The van der Waals surface area contributed by atoms with Crippen LogP contribution < -0.4 is 5.19 Å². The van der Waals surface area contributed by atoms with Gasteiger partial charge in [0, 0.05) is 0 Å². The average molecular weight is 465 g/mol. The molecule has 0 radical (unpaired) electrons. The summed E-state index contributed by atoms with van der Waals surface area (Å²) in [4.78, 5) is 26.6. The number of carbonyl (C=O) groups excluding carboxylic acids is 2. The molecule has 5 atom stereocenters. The fraction of sp³-hybridized carbons (Fsp3) is 0.481. The molecule has 174 valence electrons. The number of benzene rings is 2. The SMILES string of the molecule is COC(=O)[C@]12CCCC[C@]13O[C@@H]3[C@@H](OC(=O)c1ccccc1)C[C@@H]2[Si](C)(C)c1ccccc1. The highest BCUT2D eigenvalue weighted by atomic mass is 28.3. The lowest BCUT2D eigenvalue weighted by Gasteiger charge is -2.54. The Kier molecular flexibility index (Phi) is 5.49. The van der Waals surface area contributed by atoms with Gasteiger partial charge in [0.1, 0.15) is 23.2 Å². The van der Waals surface area contributed by atoms with E-state index in [2.05, 4.69) is 37.4 Å². The van der Waals surface area contributed by atoms with Crippen molar-refractivity contribution in [2.75, 3.05) is 7.11 Å². The van der Waals surface area contributed by atoms with Crippen molar-refractivity contribution in [2.24, 2.45) is 5.41 Å². The van der Waals surface area contributed by atoms with E-state index in [1.807, 2.05) is 24.3 Å². The minimum atomic E-state index is -2.20. The van der Waals surface area contributed by atoms with Crippen LogP contribution in [0.15, 0.2) is 60.7 Å². The van der Waals surface area contributed by atoms with Crippen LogP contribution in [-0.2, 0) is 19.0 Å². The van der Waals surface area contributed by atoms with Gasteiger partial charge in [-0.15, -0.1) is 0 Å². The van der Waals surface area contributed by atoms with Gasteiger partial charge in [0.2, 0.25) is 0 Å². The van der Waals surface area contributed by atoms with E-state index in [0.717, 1.165) is 25.7 Å². The van der Waals surface area contributed by atoms with E-state index in [0.29, 0.717) is 12.0 Å². The number of epoxide rings is 1. The molecule has 3 fully saturated rings. The Morgan fingerprint density at radius 1 is 0.970 bits per heavy atom. The second-order valence-corrected chi connectivity index (χ2v) is 15.0. The van der Waals surface area contributed by atoms with Crippen LogP contribution in [0.25, 0.3) is 0 Å². The largest absolute Gasteiger partial charge is 0.469 e. The Morgan fingerprint density at radius 2 is 1.61 bits per heavy atom. The summed E-state index contributed by atoms with van der Waals surface area (Å²) >= 11 is 0. The fourth-order valence-corrected chi connectivity index (χ4v) is 10.9. The van der Waals surface area contributed by atoms with E-state index in [4.69, 9.17) is 14.2 Å². The summed E-state index contributed by atoms with van der Waals surface area (Å²) in [6, 6.07) is 19.6. The van der Waals surface area contributed by atoms with E-state index in [1.54, 1.807) is 12.1 Å². The van der Waals surface area contributed by atoms with Crippen molar-refractivity contribution < 1.29 is 23.8 Å². The van der Waals surface area contributed by atoms with E-state index in [-0.39, 0.29) is 29.7 Å². The normalized spacial score (nSPS) is 32.8. The van der Waals surface area contributed by atoms with Crippen molar-refractivity contribution in [3.63, 3.8) is 0 Å². The van der Waals surface area contributed by atoms with E-state index in [9.17, 15) is 9.59 Å². The average Bonchev–Trinajstić information content (AvgIpc) is 3.59. The molecule has 5 nitrogen and oxygen atoms in total. The van der Waals surface area contributed by atoms with Crippen molar-refractivity contribution in [3.8, 4) is 0 Å². The van der Waals surface area contributed by atoms with Crippen LogP contribution in [0.5, 0.6) is 0 Å². The highest BCUT2D eigenvalue weighted by Crippen LogP contribution is 2.71. The molecule has 1 saturated heterocycles. The number of hydrogen-bond donors (Lipinski definition) is 0. The number of ether oxygens (including phenoxy) is 3. The van der Waals surface area contributed by atoms with Gasteiger partial charge in [0.25, 0.3) is 0 Å². The molecule has 1 heterocycles. The molecule has 0 amide bonds. The van der Waals surface area contributed by atoms with Crippen molar-refractivity contribution in [3.05, 3.63) is 66.2 Å². The highest BCUT2D eigenvalue weighted by molar-refractivity contribution is 6.91. The van der Waals surface area contributed by atoms with Crippen molar-refractivity contribution >= 4 is 25.2 Å². The maximum absolute atomic E-state index is 13.6. The van der Waals surface area contributed by atoms with Crippen LogP contribution in [0.2, 0.25) is 18.6 Å². The maximum Gasteiger partial charge on any atom is 0.338 e. The Labute approximate surface area is 196 Å². The molecule has 0 N–H and O–H groups in total. The molecule has 3 aliphatic rings. The molecule has 2 aliphatic carbocycles. The Hall–Kier alpha value is -2.44. The molecule has 2 saturated carbocycles. The number of esters is 2. The first-order valence-corrected chi connectivity index (χ1v) is 15.0. The Morgan fingerprint density at radius 3 is 2.27 bits per heavy atom. The lowest BCUT2D eigenvalue weighted by atomic mass is 9.58. The number of methoxy groups -OCH3 is 1. The summed E-state index contributed by atoms with van der Waals surface area (Å²) in [5.41, 5.74) is -0.711. The summed E-state index contributed by atoms with van der Waals surface area (Å²) in [5, 5.41) is 1.30.